The van der Waals surface area contributed by atoms with Crippen molar-refractivity contribution in [3.63, 3.8) is 0 Å². The van der Waals surface area contributed by atoms with Gasteiger partial charge in [-0.05, 0) is 34.2 Å². The Labute approximate surface area is 112 Å². The Hall–Kier alpha value is -2.13. The van der Waals surface area contributed by atoms with Crippen LogP contribution in [0.3, 0.4) is 0 Å². The molecule has 3 rings (SSSR count). The first kappa shape index (κ1) is 13.3. The molecule has 0 radical (unpaired) electrons. The summed E-state index contributed by atoms with van der Waals surface area (Å²) >= 11 is 0. The van der Waals surface area contributed by atoms with E-state index in [-0.39, 0.29) is 6.61 Å². The Balaban J connectivity index is 0.000000297. The third-order valence-electron chi connectivity index (χ3n) is 3.12. The van der Waals surface area contributed by atoms with E-state index in [2.05, 4.69) is 30.3 Å². The minimum Gasteiger partial charge on any atom is -0.481 e. The fourth-order valence-electron chi connectivity index (χ4n) is 2.37. The van der Waals surface area contributed by atoms with Gasteiger partial charge in [0, 0.05) is 6.92 Å². The number of aliphatic carboxylic acids is 1. The lowest BCUT2D eigenvalue weighted by molar-refractivity contribution is -0.134. The normalized spacial score (nSPS) is 11.1. The highest BCUT2D eigenvalue weighted by molar-refractivity contribution is 5.77. The zero-order valence-electron chi connectivity index (χ0n) is 10.8. The summed E-state index contributed by atoms with van der Waals surface area (Å²) in [7, 11) is 0. The number of carboxylic acids is 1. The number of rotatable bonds is 1. The number of aliphatic hydroxyl groups excluding tert-OH is 1. The van der Waals surface area contributed by atoms with Crippen LogP contribution in [-0.2, 0) is 17.8 Å². The van der Waals surface area contributed by atoms with Gasteiger partial charge in [0.15, 0.2) is 0 Å². The molecule has 0 aromatic heterocycles. The van der Waals surface area contributed by atoms with Crippen molar-refractivity contribution in [1.82, 2.24) is 0 Å². The Kier molecular flexibility index (Phi) is 3.97. The molecule has 3 heteroatoms. The molecule has 0 saturated heterocycles. The molecule has 0 spiro atoms. The summed E-state index contributed by atoms with van der Waals surface area (Å²) in [6, 6.07) is 14.6. The second-order valence-electron chi connectivity index (χ2n) is 4.45. The molecular formula is C16H16O3. The van der Waals surface area contributed by atoms with Crippen molar-refractivity contribution < 1.29 is 15.0 Å². The van der Waals surface area contributed by atoms with Crippen molar-refractivity contribution in [2.75, 3.05) is 0 Å². The van der Waals surface area contributed by atoms with Crippen molar-refractivity contribution in [2.24, 2.45) is 0 Å². The van der Waals surface area contributed by atoms with Crippen LogP contribution in [0, 0.1) is 0 Å². The number of hydrogen-bond donors (Lipinski definition) is 2. The molecule has 0 amide bonds. The zero-order chi connectivity index (χ0) is 13.8. The van der Waals surface area contributed by atoms with E-state index in [0.717, 1.165) is 18.9 Å². The minimum absolute atomic E-state index is 0.136. The summed E-state index contributed by atoms with van der Waals surface area (Å²) in [5, 5.41) is 16.7. The van der Waals surface area contributed by atoms with Crippen molar-refractivity contribution >= 4 is 5.97 Å². The number of hydrogen-bond acceptors (Lipinski definition) is 2. The highest BCUT2D eigenvalue weighted by Gasteiger charge is 2.19. The van der Waals surface area contributed by atoms with Gasteiger partial charge in [-0.25, -0.2) is 0 Å². The number of benzene rings is 2. The topological polar surface area (TPSA) is 57.5 Å². The van der Waals surface area contributed by atoms with Gasteiger partial charge in [0.25, 0.3) is 5.97 Å². The minimum atomic E-state index is -0.833. The van der Waals surface area contributed by atoms with Crippen LogP contribution >= 0.6 is 0 Å². The summed E-state index contributed by atoms with van der Waals surface area (Å²) in [6.07, 6.45) is 0.961. The molecule has 1 aliphatic carbocycles. The summed E-state index contributed by atoms with van der Waals surface area (Å²) in [4.78, 5) is 9.00. The fraction of sp³-hybridized carbons (Fsp3) is 0.188. The second kappa shape index (κ2) is 5.67. The van der Waals surface area contributed by atoms with Gasteiger partial charge < -0.3 is 10.2 Å². The molecule has 2 aromatic rings. The van der Waals surface area contributed by atoms with E-state index in [0.29, 0.717) is 0 Å². The molecule has 0 bridgehead atoms. The van der Waals surface area contributed by atoms with Gasteiger partial charge in [-0.2, -0.15) is 0 Å². The summed E-state index contributed by atoms with van der Waals surface area (Å²) in [5.74, 6) is -0.833. The summed E-state index contributed by atoms with van der Waals surface area (Å²) in [5.41, 5.74) is 6.33. The van der Waals surface area contributed by atoms with E-state index < -0.39 is 5.97 Å². The predicted molar refractivity (Wildman–Crippen MR) is 73.9 cm³/mol. The maximum Gasteiger partial charge on any atom is 0.300 e. The highest BCUT2D eigenvalue weighted by Crippen LogP contribution is 2.37. The van der Waals surface area contributed by atoms with Crippen molar-refractivity contribution in [3.05, 3.63) is 59.2 Å². The fourth-order valence-corrected chi connectivity index (χ4v) is 2.37. The van der Waals surface area contributed by atoms with E-state index in [1.54, 1.807) is 0 Å². The maximum atomic E-state index is 9.28. The first-order valence-corrected chi connectivity index (χ1v) is 6.13. The third kappa shape index (κ3) is 2.83. The smallest absolute Gasteiger partial charge is 0.300 e. The molecule has 3 nitrogen and oxygen atoms in total. The molecule has 0 aliphatic heterocycles. The van der Waals surface area contributed by atoms with Gasteiger partial charge in [-0.1, -0.05) is 42.5 Å². The lowest BCUT2D eigenvalue weighted by atomic mass is 10.0. The van der Waals surface area contributed by atoms with E-state index >= 15 is 0 Å². The largest absolute Gasteiger partial charge is 0.481 e. The maximum absolute atomic E-state index is 9.28. The number of carbonyl (C=O) groups is 1. The van der Waals surface area contributed by atoms with Gasteiger partial charge in [0.05, 0.1) is 6.61 Å². The molecule has 0 fully saturated rings. The lowest BCUT2D eigenvalue weighted by Crippen LogP contribution is -1.91. The van der Waals surface area contributed by atoms with Crippen LogP contribution in [0.2, 0.25) is 0 Å². The van der Waals surface area contributed by atoms with E-state index in [1.165, 1.54) is 22.3 Å². The quantitative estimate of drug-likeness (QED) is 0.704. The molecule has 2 N–H and O–H groups in total. The van der Waals surface area contributed by atoms with E-state index in [1.807, 2.05) is 12.1 Å². The number of aliphatic hydroxyl groups is 1. The molecule has 98 valence electrons. The van der Waals surface area contributed by atoms with E-state index in [9.17, 15) is 5.11 Å². The highest BCUT2D eigenvalue weighted by atomic mass is 16.4. The Morgan fingerprint density at radius 1 is 1.11 bits per heavy atom. The van der Waals surface area contributed by atoms with Gasteiger partial charge in [-0.15, -0.1) is 0 Å². The Morgan fingerprint density at radius 3 is 2.42 bits per heavy atom. The average Bonchev–Trinajstić information content (AvgIpc) is 2.76. The molecule has 19 heavy (non-hydrogen) atoms. The molecule has 0 heterocycles. The second-order valence-corrected chi connectivity index (χ2v) is 4.45. The van der Waals surface area contributed by atoms with Crippen LogP contribution in [0.5, 0.6) is 0 Å². The predicted octanol–water partition coefficient (Wildman–Crippen LogP) is 2.84. The van der Waals surface area contributed by atoms with E-state index in [4.69, 9.17) is 9.90 Å². The molecule has 0 unspecified atom stereocenters. The first-order chi connectivity index (χ1) is 9.13. The van der Waals surface area contributed by atoms with Crippen molar-refractivity contribution in [1.29, 1.82) is 0 Å². The third-order valence-corrected chi connectivity index (χ3v) is 3.12. The van der Waals surface area contributed by atoms with Gasteiger partial charge in [0.1, 0.15) is 0 Å². The molecule has 1 aliphatic rings. The SMILES string of the molecule is CC(=O)O.OCc1cccc2c1Cc1ccccc1-2. The van der Waals surface area contributed by atoms with Crippen molar-refractivity contribution in [3.8, 4) is 11.1 Å². The molecule has 0 saturated carbocycles. The number of fused-ring (bicyclic) bond motifs is 3. The average molecular weight is 256 g/mol. The van der Waals surface area contributed by atoms with Gasteiger partial charge in [0.2, 0.25) is 0 Å². The molecule has 0 atom stereocenters. The number of carboxylic acid groups (broad SMARTS) is 1. The summed E-state index contributed by atoms with van der Waals surface area (Å²) in [6.45, 7) is 1.22. The Morgan fingerprint density at radius 2 is 1.74 bits per heavy atom. The van der Waals surface area contributed by atoms with Crippen LogP contribution in [0.4, 0.5) is 0 Å². The van der Waals surface area contributed by atoms with Gasteiger partial charge in [-0.3, -0.25) is 4.79 Å². The first-order valence-electron chi connectivity index (χ1n) is 6.13. The lowest BCUT2D eigenvalue weighted by Gasteiger charge is -2.04. The van der Waals surface area contributed by atoms with Crippen LogP contribution in [0.15, 0.2) is 42.5 Å². The van der Waals surface area contributed by atoms with Crippen LogP contribution in [0.1, 0.15) is 23.6 Å². The van der Waals surface area contributed by atoms with Crippen molar-refractivity contribution in [2.45, 2.75) is 20.0 Å². The van der Waals surface area contributed by atoms with Crippen LogP contribution < -0.4 is 0 Å². The Bertz CT molecular complexity index is 599. The van der Waals surface area contributed by atoms with Gasteiger partial charge >= 0.3 is 0 Å². The van der Waals surface area contributed by atoms with Crippen LogP contribution in [0.25, 0.3) is 11.1 Å². The monoisotopic (exact) mass is 256 g/mol. The molecule has 2 aromatic carbocycles. The standard InChI is InChI=1S/C14H12O.C2H4O2/c15-9-11-5-3-7-13-12-6-2-1-4-10(12)8-14(11)13;1-2(3)4/h1-7,15H,8-9H2;1H3,(H,3,4). The van der Waals surface area contributed by atoms with Crippen LogP contribution in [-0.4, -0.2) is 16.2 Å². The molecular weight excluding hydrogens is 240 g/mol. The zero-order valence-corrected chi connectivity index (χ0v) is 10.8. The summed E-state index contributed by atoms with van der Waals surface area (Å²) < 4.78 is 0.